The van der Waals surface area contributed by atoms with Crippen molar-refractivity contribution in [1.82, 2.24) is 15.5 Å². The molecule has 0 saturated carbocycles. The van der Waals surface area contributed by atoms with E-state index in [1.165, 1.54) is 10.9 Å². The molecule has 138 valence electrons. The van der Waals surface area contributed by atoms with E-state index in [1.807, 2.05) is 13.0 Å². The molecule has 1 aromatic carbocycles. The molecule has 0 amide bonds. The zero-order valence-corrected chi connectivity index (χ0v) is 18.0. The molecular weight excluding hydrogens is 450 g/mol. The summed E-state index contributed by atoms with van der Waals surface area (Å²) < 4.78 is 13.7. The summed E-state index contributed by atoms with van der Waals surface area (Å²) in [5.74, 6) is 0.478. The summed E-state index contributed by atoms with van der Waals surface area (Å²) in [7, 11) is 4.13. The monoisotopic (exact) mass is 476 g/mol. The van der Waals surface area contributed by atoms with Crippen molar-refractivity contribution in [3.8, 4) is 0 Å². The van der Waals surface area contributed by atoms with Gasteiger partial charge in [0.25, 0.3) is 0 Å². The summed E-state index contributed by atoms with van der Waals surface area (Å²) in [6, 6.07) is 11.2. The van der Waals surface area contributed by atoms with E-state index in [-0.39, 0.29) is 35.8 Å². The van der Waals surface area contributed by atoms with Crippen molar-refractivity contribution >= 4 is 41.3 Å². The molecule has 4 nitrogen and oxygen atoms in total. The van der Waals surface area contributed by atoms with E-state index in [0.29, 0.717) is 18.1 Å². The number of hydrogen-bond acceptors (Lipinski definition) is 3. The molecule has 1 heterocycles. The molecule has 0 saturated heterocycles. The fourth-order valence-corrected chi connectivity index (χ4v) is 3.27. The second-order valence-corrected chi connectivity index (χ2v) is 6.64. The predicted molar refractivity (Wildman–Crippen MR) is 115 cm³/mol. The minimum atomic E-state index is -0.221. The summed E-state index contributed by atoms with van der Waals surface area (Å²) in [5.41, 5.74) is 0.595. The smallest absolute Gasteiger partial charge is 0.191 e. The number of nitrogens with one attached hydrogen (secondary N) is 2. The first-order valence-corrected chi connectivity index (χ1v) is 8.95. The van der Waals surface area contributed by atoms with E-state index in [2.05, 4.69) is 52.1 Å². The highest BCUT2D eigenvalue weighted by Crippen LogP contribution is 2.22. The molecule has 0 spiro atoms. The van der Waals surface area contributed by atoms with Crippen LogP contribution in [-0.2, 0) is 6.54 Å². The first-order valence-electron chi connectivity index (χ1n) is 8.07. The number of halogens is 2. The number of benzene rings is 1. The second-order valence-electron chi connectivity index (χ2n) is 5.66. The molecule has 25 heavy (non-hydrogen) atoms. The Morgan fingerprint density at radius 1 is 1.20 bits per heavy atom. The van der Waals surface area contributed by atoms with Gasteiger partial charge >= 0.3 is 0 Å². The molecule has 0 radical (unpaired) electrons. The van der Waals surface area contributed by atoms with Crippen molar-refractivity contribution in [3.63, 3.8) is 0 Å². The highest BCUT2D eigenvalue weighted by molar-refractivity contribution is 14.0. The van der Waals surface area contributed by atoms with Crippen molar-refractivity contribution < 1.29 is 4.39 Å². The number of thiophene rings is 1. The minimum Gasteiger partial charge on any atom is -0.357 e. The average Bonchev–Trinajstić information content (AvgIpc) is 3.08. The molecule has 7 heteroatoms. The highest BCUT2D eigenvalue weighted by Gasteiger charge is 2.15. The lowest BCUT2D eigenvalue weighted by Gasteiger charge is -2.24. The van der Waals surface area contributed by atoms with Gasteiger partial charge in [-0.15, -0.1) is 35.3 Å². The van der Waals surface area contributed by atoms with Crippen molar-refractivity contribution in [2.24, 2.45) is 4.99 Å². The van der Waals surface area contributed by atoms with Crippen LogP contribution in [0.4, 0.5) is 4.39 Å². The first kappa shape index (κ1) is 21.9. The van der Waals surface area contributed by atoms with E-state index >= 15 is 0 Å². The van der Waals surface area contributed by atoms with Crippen LogP contribution in [0.3, 0.4) is 0 Å². The van der Waals surface area contributed by atoms with Gasteiger partial charge in [0.1, 0.15) is 5.82 Å². The number of rotatable bonds is 7. The van der Waals surface area contributed by atoms with Gasteiger partial charge in [0.15, 0.2) is 5.96 Å². The van der Waals surface area contributed by atoms with Gasteiger partial charge in [-0.25, -0.2) is 9.38 Å². The standard InChI is InChI=1S/C18H25FN4S.HI/c1-4-20-18(21-12-14-8-5-6-9-15(14)19)22-13-16(23(2)3)17-10-7-11-24-17;/h5-11,16H,4,12-13H2,1-3H3,(H2,20,21,22);1H. The van der Waals surface area contributed by atoms with Gasteiger partial charge in [-0.2, -0.15) is 0 Å². The molecule has 0 aliphatic carbocycles. The van der Waals surface area contributed by atoms with Gasteiger partial charge < -0.3 is 15.5 Å². The van der Waals surface area contributed by atoms with Crippen LogP contribution in [0.1, 0.15) is 23.4 Å². The molecule has 1 aromatic heterocycles. The Labute approximate surface area is 170 Å². The topological polar surface area (TPSA) is 39.7 Å². The van der Waals surface area contributed by atoms with Gasteiger partial charge in [0.2, 0.25) is 0 Å². The zero-order chi connectivity index (χ0) is 17.4. The van der Waals surface area contributed by atoms with Crippen LogP contribution in [0.15, 0.2) is 46.8 Å². The fourth-order valence-electron chi connectivity index (χ4n) is 2.34. The maximum atomic E-state index is 13.7. The van der Waals surface area contributed by atoms with E-state index in [0.717, 1.165) is 13.1 Å². The Morgan fingerprint density at radius 3 is 2.56 bits per heavy atom. The van der Waals surface area contributed by atoms with Gasteiger partial charge in [-0.1, -0.05) is 24.3 Å². The number of likely N-dealkylation sites (N-methyl/N-ethyl adjacent to an activating group) is 1. The molecular formula is C18H26FIN4S. The minimum absolute atomic E-state index is 0. The Balaban J connectivity index is 0.00000312. The lowest BCUT2D eigenvalue weighted by Crippen LogP contribution is -2.41. The van der Waals surface area contributed by atoms with Gasteiger partial charge in [-0.05, 0) is 38.5 Å². The van der Waals surface area contributed by atoms with Crippen molar-refractivity contribution in [2.45, 2.75) is 19.5 Å². The third-order valence-electron chi connectivity index (χ3n) is 3.67. The SMILES string of the molecule is CCNC(=NCc1ccccc1F)NCC(c1cccs1)N(C)C.I. The Morgan fingerprint density at radius 2 is 1.96 bits per heavy atom. The lowest BCUT2D eigenvalue weighted by atomic mass is 10.2. The quantitative estimate of drug-likeness (QED) is 0.362. The molecule has 0 aliphatic heterocycles. The molecule has 1 atom stereocenters. The third kappa shape index (κ3) is 6.91. The number of nitrogens with zero attached hydrogens (tertiary/aromatic N) is 2. The molecule has 0 fully saturated rings. The summed E-state index contributed by atoms with van der Waals surface area (Å²) in [6.07, 6.45) is 0. The van der Waals surface area contributed by atoms with E-state index in [4.69, 9.17) is 0 Å². The zero-order valence-electron chi connectivity index (χ0n) is 14.8. The van der Waals surface area contributed by atoms with Crippen LogP contribution in [0.5, 0.6) is 0 Å². The Bertz CT molecular complexity index is 646. The van der Waals surface area contributed by atoms with Gasteiger partial charge in [0.05, 0.1) is 12.6 Å². The highest BCUT2D eigenvalue weighted by atomic mass is 127. The average molecular weight is 476 g/mol. The van der Waals surface area contributed by atoms with E-state index in [1.54, 1.807) is 23.5 Å². The first-order chi connectivity index (χ1) is 11.6. The maximum absolute atomic E-state index is 13.7. The lowest BCUT2D eigenvalue weighted by molar-refractivity contribution is 0.302. The molecule has 2 aromatic rings. The van der Waals surface area contributed by atoms with Crippen LogP contribution in [0.25, 0.3) is 0 Å². The Hall–Kier alpha value is -1.19. The maximum Gasteiger partial charge on any atom is 0.191 e. The van der Waals surface area contributed by atoms with Crippen molar-refractivity contribution in [3.05, 3.63) is 58.0 Å². The largest absolute Gasteiger partial charge is 0.357 e. The molecule has 0 aliphatic rings. The molecule has 2 N–H and O–H groups in total. The van der Waals surface area contributed by atoms with Gasteiger partial charge in [-0.3, -0.25) is 0 Å². The molecule has 0 bridgehead atoms. The molecule has 2 rings (SSSR count). The van der Waals surface area contributed by atoms with Crippen LogP contribution in [-0.4, -0.2) is 38.0 Å². The number of guanidine groups is 1. The van der Waals surface area contributed by atoms with E-state index < -0.39 is 0 Å². The summed E-state index contributed by atoms with van der Waals surface area (Å²) in [6.45, 7) is 3.82. The predicted octanol–water partition coefficient (Wildman–Crippen LogP) is 3.86. The van der Waals surface area contributed by atoms with Gasteiger partial charge in [0, 0.05) is 23.5 Å². The van der Waals surface area contributed by atoms with Crippen LogP contribution < -0.4 is 10.6 Å². The summed E-state index contributed by atoms with van der Waals surface area (Å²) >= 11 is 1.75. The second kappa shape index (κ2) is 11.4. The third-order valence-corrected chi connectivity index (χ3v) is 4.64. The van der Waals surface area contributed by atoms with Crippen molar-refractivity contribution in [2.75, 3.05) is 27.2 Å². The van der Waals surface area contributed by atoms with Crippen molar-refractivity contribution in [1.29, 1.82) is 0 Å². The van der Waals surface area contributed by atoms with Crippen LogP contribution in [0.2, 0.25) is 0 Å². The Kier molecular flexibility index (Phi) is 9.99. The number of aliphatic imine (C=N–C) groups is 1. The van der Waals surface area contributed by atoms with Crippen LogP contribution >= 0.6 is 35.3 Å². The summed E-state index contributed by atoms with van der Waals surface area (Å²) in [4.78, 5) is 7.98. The normalized spacial score (nSPS) is 12.6. The summed E-state index contributed by atoms with van der Waals surface area (Å²) in [5, 5.41) is 8.66. The molecule has 1 unspecified atom stereocenters. The van der Waals surface area contributed by atoms with E-state index in [9.17, 15) is 4.39 Å². The van der Waals surface area contributed by atoms with Crippen LogP contribution in [0, 0.1) is 5.82 Å². The fraction of sp³-hybridized carbons (Fsp3) is 0.389. The number of hydrogen-bond donors (Lipinski definition) is 2.